The van der Waals surface area contributed by atoms with Crippen LogP contribution in [0.25, 0.3) is 0 Å². The van der Waals surface area contributed by atoms with Crippen molar-refractivity contribution >= 4 is 11.9 Å². The number of methoxy groups -OCH3 is 1. The third-order valence-corrected chi connectivity index (χ3v) is 6.14. The maximum absolute atomic E-state index is 14.3. The third kappa shape index (κ3) is 4.13. The van der Waals surface area contributed by atoms with Crippen LogP contribution in [0.15, 0.2) is 42.5 Å². The van der Waals surface area contributed by atoms with Crippen LogP contribution < -0.4 is 14.4 Å². The first-order valence-electron chi connectivity index (χ1n) is 11.2. The summed E-state index contributed by atoms with van der Waals surface area (Å²) in [6.07, 6.45) is 2.56. The lowest BCUT2D eigenvalue weighted by atomic mass is 10.0. The second kappa shape index (κ2) is 9.24. The summed E-state index contributed by atoms with van der Waals surface area (Å²) in [7, 11) is 1.55. The maximum atomic E-state index is 14.3. The van der Waals surface area contributed by atoms with Crippen molar-refractivity contribution in [1.29, 1.82) is 0 Å². The molecule has 1 amide bonds. The molecule has 7 nitrogen and oxygen atoms in total. The Bertz CT molecular complexity index is 1210. The first-order chi connectivity index (χ1) is 16.5. The number of anilines is 1. The SMILES string of the molecule is COc1ccccc1Oc1nc(N2CCCC2)nc2c1CN(C(=O)c1c(F)cccc1F)CC2. The molecular formula is C25H24F2N4O3. The van der Waals surface area contributed by atoms with Gasteiger partial charge in [0, 0.05) is 26.1 Å². The molecule has 0 atom stereocenters. The van der Waals surface area contributed by atoms with Gasteiger partial charge in [-0.05, 0) is 37.1 Å². The number of hydrogen-bond donors (Lipinski definition) is 0. The molecule has 2 aromatic carbocycles. The van der Waals surface area contributed by atoms with Crippen molar-refractivity contribution in [2.75, 3.05) is 31.6 Å². The highest BCUT2D eigenvalue weighted by atomic mass is 19.1. The minimum absolute atomic E-state index is 0.0761. The van der Waals surface area contributed by atoms with E-state index in [1.54, 1.807) is 19.2 Å². The molecule has 0 saturated carbocycles. The normalized spacial score (nSPS) is 15.3. The van der Waals surface area contributed by atoms with Crippen LogP contribution in [0, 0.1) is 11.6 Å². The molecule has 1 saturated heterocycles. The largest absolute Gasteiger partial charge is 0.493 e. The van der Waals surface area contributed by atoms with Crippen molar-refractivity contribution in [3.63, 3.8) is 0 Å². The van der Waals surface area contributed by atoms with Crippen molar-refractivity contribution in [3.8, 4) is 17.4 Å². The van der Waals surface area contributed by atoms with Gasteiger partial charge >= 0.3 is 0 Å². The van der Waals surface area contributed by atoms with Crippen LogP contribution in [0.4, 0.5) is 14.7 Å². The minimum atomic E-state index is -0.887. The zero-order valence-corrected chi connectivity index (χ0v) is 18.8. The summed E-state index contributed by atoms with van der Waals surface area (Å²) < 4.78 is 40.1. The molecule has 176 valence electrons. The van der Waals surface area contributed by atoms with Crippen molar-refractivity contribution in [1.82, 2.24) is 14.9 Å². The van der Waals surface area contributed by atoms with E-state index in [0.29, 0.717) is 35.3 Å². The lowest BCUT2D eigenvalue weighted by Crippen LogP contribution is -2.38. The van der Waals surface area contributed by atoms with E-state index >= 15 is 0 Å². The van der Waals surface area contributed by atoms with Gasteiger partial charge in [-0.15, -0.1) is 0 Å². The van der Waals surface area contributed by atoms with Crippen LogP contribution in [0.2, 0.25) is 0 Å². The first-order valence-corrected chi connectivity index (χ1v) is 11.2. The number of rotatable bonds is 5. The van der Waals surface area contributed by atoms with Gasteiger partial charge in [0.05, 0.1) is 24.9 Å². The molecule has 1 aromatic heterocycles. The van der Waals surface area contributed by atoms with E-state index in [9.17, 15) is 13.6 Å². The topological polar surface area (TPSA) is 67.8 Å². The smallest absolute Gasteiger partial charge is 0.260 e. The number of hydrogen-bond acceptors (Lipinski definition) is 6. The van der Waals surface area contributed by atoms with Gasteiger partial charge < -0.3 is 19.3 Å². The Morgan fingerprint density at radius 2 is 1.65 bits per heavy atom. The van der Waals surface area contributed by atoms with Crippen molar-refractivity contribution < 1.29 is 23.0 Å². The molecule has 0 spiro atoms. The highest BCUT2D eigenvalue weighted by molar-refractivity contribution is 5.95. The molecule has 5 rings (SSSR count). The van der Waals surface area contributed by atoms with Crippen LogP contribution in [-0.4, -0.2) is 47.5 Å². The Morgan fingerprint density at radius 1 is 0.941 bits per heavy atom. The van der Waals surface area contributed by atoms with Crippen molar-refractivity contribution in [2.24, 2.45) is 0 Å². The zero-order chi connectivity index (χ0) is 23.7. The summed E-state index contributed by atoms with van der Waals surface area (Å²) in [5, 5.41) is 0. The molecule has 34 heavy (non-hydrogen) atoms. The molecule has 2 aliphatic heterocycles. The van der Waals surface area contributed by atoms with Crippen LogP contribution >= 0.6 is 0 Å². The van der Waals surface area contributed by atoms with Crippen LogP contribution in [-0.2, 0) is 13.0 Å². The fourth-order valence-electron chi connectivity index (χ4n) is 4.36. The summed E-state index contributed by atoms with van der Waals surface area (Å²) in [5.74, 6) is -0.586. The van der Waals surface area contributed by atoms with Crippen LogP contribution in [0.3, 0.4) is 0 Å². The molecule has 0 aliphatic carbocycles. The molecule has 2 aliphatic rings. The lowest BCUT2D eigenvalue weighted by molar-refractivity contribution is 0.0722. The number of carbonyl (C=O) groups excluding carboxylic acids is 1. The first kappa shape index (κ1) is 22.1. The average molecular weight is 466 g/mol. The predicted octanol–water partition coefficient (Wildman–Crippen LogP) is 4.35. The number of aromatic nitrogens is 2. The second-order valence-electron chi connectivity index (χ2n) is 8.27. The Hall–Kier alpha value is -3.75. The second-order valence-corrected chi connectivity index (χ2v) is 8.27. The van der Waals surface area contributed by atoms with Gasteiger partial charge in [0.25, 0.3) is 5.91 Å². The van der Waals surface area contributed by atoms with E-state index in [4.69, 9.17) is 19.4 Å². The number of nitrogens with zero attached hydrogens (tertiary/aromatic N) is 4. The fourth-order valence-corrected chi connectivity index (χ4v) is 4.36. The fraction of sp³-hybridized carbons (Fsp3) is 0.320. The molecular weight excluding hydrogens is 442 g/mol. The Kier molecular flexibility index (Phi) is 6.00. The molecule has 3 heterocycles. The van der Waals surface area contributed by atoms with E-state index < -0.39 is 23.1 Å². The van der Waals surface area contributed by atoms with Crippen LogP contribution in [0.5, 0.6) is 17.4 Å². The van der Waals surface area contributed by atoms with Gasteiger partial charge in [-0.1, -0.05) is 18.2 Å². The third-order valence-electron chi connectivity index (χ3n) is 6.14. The Morgan fingerprint density at radius 3 is 2.35 bits per heavy atom. The van der Waals surface area contributed by atoms with Gasteiger partial charge in [0.2, 0.25) is 11.8 Å². The van der Waals surface area contributed by atoms with Crippen LogP contribution in [0.1, 0.15) is 34.5 Å². The van der Waals surface area contributed by atoms with Gasteiger partial charge in [-0.2, -0.15) is 4.98 Å². The number of benzene rings is 2. The molecule has 0 radical (unpaired) electrons. The number of halogens is 2. The van der Waals surface area contributed by atoms with E-state index in [0.717, 1.165) is 43.8 Å². The number of para-hydroxylation sites is 2. The molecule has 1 fully saturated rings. The van der Waals surface area contributed by atoms with E-state index in [2.05, 4.69) is 4.90 Å². The Balaban J connectivity index is 1.52. The van der Waals surface area contributed by atoms with E-state index in [1.807, 2.05) is 12.1 Å². The van der Waals surface area contributed by atoms with Gasteiger partial charge in [-0.3, -0.25) is 4.79 Å². The summed E-state index contributed by atoms with van der Waals surface area (Å²) >= 11 is 0. The highest BCUT2D eigenvalue weighted by Crippen LogP contribution is 2.36. The summed E-state index contributed by atoms with van der Waals surface area (Å²) in [4.78, 5) is 26.0. The number of amides is 1. The molecule has 9 heteroatoms. The molecule has 3 aromatic rings. The molecule has 0 unspecified atom stereocenters. The number of fused-ring (bicyclic) bond motifs is 1. The predicted molar refractivity (Wildman–Crippen MR) is 121 cm³/mol. The monoisotopic (exact) mass is 466 g/mol. The summed E-state index contributed by atoms with van der Waals surface area (Å²) in [6, 6.07) is 10.6. The quantitative estimate of drug-likeness (QED) is 0.557. The summed E-state index contributed by atoms with van der Waals surface area (Å²) in [5.41, 5.74) is 0.817. The zero-order valence-electron chi connectivity index (χ0n) is 18.8. The van der Waals surface area contributed by atoms with E-state index in [-0.39, 0.29) is 13.1 Å². The van der Waals surface area contributed by atoms with Gasteiger partial charge in [-0.25, -0.2) is 13.8 Å². The Labute approximate surface area is 195 Å². The number of carbonyl (C=O) groups is 1. The van der Waals surface area contributed by atoms with Crippen molar-refractivity contribution in [3.05, 3.63) is 70.9 Å². The van der Waals surface area contributed by atoms with Crippen molar-refractivity contribution in [2.45, 2.75) is 25.8 Å². The molecule has 0 bridgehead atoms. The standard InChI is InChI=1S/C25H24F2N4O3/c1-33-20-9-2-3-10-21(20)34-23-16-15-31(24(32)22-17(26)7-6-8-18(22)27)14-11-19(16)28-25(29-23)30-12-4-5-13-30/h2-3,6-10H,4-5,11-15H2,1H3. The average Bonchev–Trinajstić information content (AvgIpc) is 3.39. The minimum Gasteiger partial charge on any atom is -0.493 e. The highest BCUT2D eigenvalue weighted by Gasteiger charge is 2.31. The maximum Gasteiger partial charge on any atom is 0.260 e. The van der Waals surface area contributed by atoms with E-state index in [1.165, 1.54) is 11.0 Å². The van der Waals surface area contributed by atoms with Gasteiger partial charge in [0.15, 0.2) is 11.5 Å². The van der Waals surface area contributed by atoms with Gasteiger partial charge in [0.1, 0.15) is 17.2 Å². The lowest BCUT2D eigenvalue weighted by Gasteiger charge is -2.30. The summed E-state index contributed by atoms with van der Waals surface area (Å²) in [6.45, 7) is 2.09. The molecule has 0 N–H and O–H groups in total. The number of ether oxygens (including phenoxy) is 2.